The summed E-state index contributed by atoms with van der Waals surface area (Å²) in [6.45, 7) is 3.48. The molecule has 2 heterocycles. The van der Waals surface area contributed by atoms with Crippen molar-refractivity contribution in [1.82, 2.24) is 5.32 Å². The summed E-state index contributed by atoms with van der Waals surface area (Å²) in [5.74, 6) is 1.04. The van der Waals surface area contributed by atoms with Gasteiger partial charge in [0.05, 0.1) is 19.3 Å². The van der Waals surface area contributed by atoms with Gasteiger partial charge in [0.1, 0.15) is 5.75 Å². The highest BCUT2D eigenvalue weighted by Crippen LogP contribution is 2.33. The van der Waals surface area contributed by atoms with Gasteiger partial charge in [-0.2, -0.15) is 0 Å². The second-order valence-corrected chi connectivity index (χ2v) is 5.49. The van der Waals surface area contributed by atoms with Crippen LogP contribution in [0.4, 0.5) is 0 Å². The zero-order chi connectivity index (χ0) is 11.7. The highest BCUT2D eigenvalue weighted by atomic mass is 79.9. The highest BCUT2D eigenvalue weighted by molar-refractivity contribution is 9.10. The first-order valence-electron chi connectivity index (χ1n) is 6.09. The summed E-state index contributed by atoms with van der Waals surface area (Å²) in [5.41, 5.74) is 2.46. The van der Waals surface area contributed by atoms with Crippen LogP contribution in [0.1, 0.15) is 17.5 Å². The number of hydrogen-bond acceptors (Lipinski definition) is 3. The van der Waals surface area contributed by atoms with Gasteiger partial charge in [0, 0.05) is 23.0 Å². The molecule has 2 aliphatic rings. The molecule has 1 unspecified atom stereocenters. The van der Waals surface area contributed by atoms with E-state index >= 15 is 0 Å². The van der Waals surface area contributed by atoms with Gasteiger partial charge in [-0.1, -0.05) is 15.9 Å². The van der Waals surface area contributed by atoms with Gasteiger partial charge < -0.3 is 14.8 Å². The maximum Gasteiger partial charge on any atom is 0.128 e. The molecule has 1 atom stereocenters. The van der Waals surface area contributed by atoms with Crippen LogP contribution in [0.5, 0.6) is 5.75 Å². The minimum atomic E-state index is 0.353. The first-order valence-corrected chi connectivity index (χ1v) is 6.88. The maximum atomic E-state index is 5.91. The second-order valence-electron chi connectivity index (χ2n) is 4.58. The molecule has 0 aliphatic carbocycles. The molecule has 1 aromatic carbocycles. The van der Waals surface area contributed by atoms with Crippen molar-refractivity contribution in [2.45, 2.75) is 25.6 Å². The van der Waals surface area contributed by atoms with Gasteiger partial charge in [0.15, 0.2) is 0 Å². The van der Waals surface area contributed by atoms with E-state index in [9.17, 15) is 0 Å². The number of hydrogen-bond donors (Lipinski definition) is 1. The molecule has 0 aromatic heterocycles. The molecule has 0 radical (unpaired) electrons. The second kappa shape index (κ2) is 4.96. The topological polar surface area (TPSA) is 30.5 Å². The monoisotopic (exact) mass is 297 g/mol. The van der Waals surface area contributed by atoms with Crippen molar-refractivity contribution >= 4 is 15.9 Å². The third-order valence-electron chi connectivity index (χ3n) is 3.31. The first-order chi connectivity index (χ1) is 8.33. The Morgan fingerprint density at radius 1 is 1.47 bits per heavy atom. The molecule has 1 saturated heterocycles. The molecule has 1 N–H and O–H groups in total. The molecule has 1 fully saturated rings. The van der Waals surface area contributed by atoms with Crippen molar-refractivity contribution in [3.05, 3.63) is 27.7 Å². The average molecular weight is 298 g/mol. The molecule has 0 saturated carbocycles. The van der Waals surface area contributed by atoms with Crippen LogP contribution < -0.4 is 10.1 Å². The Balaban J connectivity index is 1.73. The Kier molecular flexibility index (Phi) is 3.36. The number of rotatable bonds is 3. The molecular formula is C13H16BrNO2. The number of benzene rings is 1. The van der Waals surface area contributed by atoms with Crippen LogP contribution in [-0.2, 0) is 17.8 Å². The molecule has 3 nitrogen and oxygen atoms in total. The van der Waals surface area contributed by atoms with Crippen LogP contribution in [0, 0.1) is 0 Å². The lowest BCUT2D eigenvalue weighted by Crippen LogP contribution is -2.16. The molecule has 1 aromatic rings. The SMILES string of the molecule is Brc1cc2c(c(COC3CCNC3)c1)OCC2. The third-order valence-corrected chi connectivity index (χ3v) is 3.77. The molecule has 92 valence electrons. The van der Waals surface area contributed by atoms with Crippen molar-refractivity contribution in [2.24, 2.45) is 0 Å². The van der Waals surface area contributed by atoms with Crippen LogP contribution in [0.15, 0.2) is 16.6 Å². The molecule has 0 spiro atoms. The zero-order valence-electron chi connectivity index (χ0n) is 9.67. The quantitative estimate of drug-likeness (QED) is 0.928. The summed E-state index contributed by atoms with van der Waals surface area (Å²) in [4.78, 5) is 0. The fourth-order valence-electron chi connectivity index (χ4n) is 2.43. The van der Waals surface area contributed by atoms with Crippen LogP contribution in [-0.4, -0.2) is 25.8 Å². The summed E-state index contributed by atoms with van der Waals surface area (Å²) in [5, 5.41) is 3.31. The van der Waals surface area contributed by atoms with Crippen LogP contribution in [0.3, 0.4) is 0 Å². The minimum Gasteiger partial charge on any atom is -0.493 e. The fourth-order valence-corrected chi connectivity index (χ4v) is 2.98. The van der Waals surface area contributed by atoms with E-state index in [-0.39, 0.29) is 0 Å². The largest absolute Gasteiger partial charge is 0.493 e. The predicted octanol–water partition coefficient (Wildman–Crippen LogP) is 2.26. The van der Waals surface area contributed by atoms with E-state index < -0.39 is 0 Å². The Hall–Kier alpha value is -0.580. The van der Waals surface area contributed by atoms with Gasteiger partial charge in [-0.05, 0) is 30.7 Å². The average Bonchev–Trinajstić information content (AvgIpc) is 2.95. The lowest BCUT2D eigenvalue weighted by Gasteiger charge is -2.13. The highest BCUT2D eigenvalue weighted by Gasteiger charge is 2.20. The predicted molar refractivity (Wildman–Crippen MR) is 69.4 cm³/mol. The number of halogens is 1. The normalized spacial score (nSPS) is 22.5. The van der Waals surface area contributed by atoms with Gasteiger partial charge >= 0.3 is 0 Å². The van der Waals surface area contributed by atoms with Crippen molar-refractivity contribution in [1.29, 1.82) is 0 Å². The van der Waals surface area contributed by atoms with Crippen molar-refractivity contribution in [3.63, 3.8) is 0 Å². The fraction of sp³-hybridized carbons (Fsp3) is 0.538. The van der Waals surface area contributed by atoms with Gasteiger partial charge in [-0.25, -0.2) is 0 Å². The van der Waals surface area contributed by atoms with E-state index in [1.54, 1.807) is 0 Å². The summed E-state index contributed by atoms with van der Waals surface area (Å²) in [6, 6.07) is 4.25. The van der Waals surface area contributed by atoms with Gasteiger partial charge in [-0.3, -0.25) is 0 Å². The molecular weight excluding hydrogens is 282 g/mol. The summed E-state index contributed by atoms with van der Waals surface area (Å²) in [6.07, 6.45) is 2.47. The molecule has 0 bridgehead atoms. The lowest BCUT2D eigenvalue weighted by atomic mass is 10.1. The maximum absolute atomic E-state index is 5.91. The summed E-state index contributed by atoms with van der Waals surface area (Å²) >= 11 is 3.55. The minimum absolute atomic E-state index is 0.353. The van der Waals surface area contributed by atoms with E-state index in [0.717, 1.165) is 42.8 Å². The zero-order valence-corrected chi connectivity index (χ0v) is 11.3. The number of fused-ring (bicyclic) bond motifs is 1. The first kappa shape index (κ1) is 11.5. The van der Waals surface area contributed by atoms with E-state index in [4.69, 9.17) is 9.47 Å². The summed E-state index contributed by atoms with van der Waals surface area (Å²) in [7, 11) is 0. The lowest BCUT2D eigenvalue weighted by molar-refractivity contribution is 0.0530. The van der Waals surface area contributed by atoms with Crippen LogP contribution in [0.25, 0.3) is 0 Å². The van der Waals surface area contributed by atoms with E-state index in [2.05, 4.69) is 33.4 Å². The van der Waals surface area contributed by atoms with Crippen LogP contribution >= 0.6 is 15.9 Å². The Morgan fingerprint density at radius 3 is 3.24 bits per heavy atom. The van der Waals surface area contributed by atoms with Gasteiger partial charge in [0.2, 0.25) is 0 Å². The van der Waals surface area contributed by atoms with Crippen LogP contribution in [0.2, 0.25) is 0 Å². The third kappa shape index (κ3) is 2.49. The van der Waals surface area contributed by atoms with Gasteiger partial charge in [-0.15, -0.1) is 0 Å². The van der Waals surface area contributed by atoms with E-state index in [1.807, 2.05) is 0 Å². The Labute approximate surface area is 110 Å². The smallest absolute Gasteiger partial charge is 0.128 e. The molecule has 2 aliphatic heterocycles. The molecule has 4 heteroatoms. The summed E-state index contributed by atoms with van der Waals surface area (Å²) < 4.78 is 12.7. The standard InChI is InChI=1S/C13H16BrNO2/c14-11-5-9-2-4-16-13(9)10(6-11)8-17-12-1-3-15-7-12/h5-6,12,15H,1-4,7-8H2. The van der Waals surface area contributed by atoms with Crippen molar-refractivity contribution < 1.29 is 9.47 Å². The van der Waals surface area contributed by atoms with E-state index in [0.29, 0.717) is 12.7 Å². The van der Waals surface area contributed by atoms with Crippen molar-refractivity contribution in [2.75, 3.05) is 19.7 Å². The number of nitrogens with one attached hydrogen (secondary N) is 1. The van der Waals surface area contributed by atoms with Gasteiger partial charge in [0.25, 0.3) is 0 Å². The molecule has 0 amide bonds. The Morgan fingerprint density at radius 2 is 2.41 bits per heavy atom. The van der Waals surface area contributed by atoms with E-state index in [1.165, 1.54) is 11.1 Å². The Bertz CT molecular complexity index is 416. The molecule has 3 rings (SSSR count). The molecule has 17 heavy (non-hydrogen) atoms. The van der Waals surface area contributed by atoms with Crippen molar-refractivity contribution in [3.8, 4) is 5.75 Å². The number of ether oxygens (including phenoxy) is 2.